The first-order valence-electron chi connectivity index (χ1n) is 11.1. The van der Waals surface area contributed by atoms with Crippen LogP contribution in [-0.2, 0) is 15.6 Å². The van der Waals surface area contributed by atoms with Crippen LogP contribution in [0.5, 0.6) is 0 Å². The molecule has 4 nitrogen and oxygen atoms in total. The number of benzene rings is 2. The van der Waals surface area contributed by atoms with Gasteiger partial charge in [-0.2, -0.15) is 5.26 Å². The third kappa shape index (κ3) is 3.74. The molecule has 0 radical (unpaired) electrons. The maximum atomic E-state index is 13.3. The van der Waals surface area contributed by atoms with Crippen molar-refractivity contribution in [2.75, 3.05) is 13.1 Å². The standard InChI is InChI=1S/C26H29FN2O2/c1-19-17-29(16-15-26(19,24(30)31)21-5-3-2-4-6-21)23-11-13-25(18-28,14-12-23)20-7-9-22(27)10-8-20/h2-10,19,23H,11-17H2,1H3,(H,30,31)/t19-,23?,25?,26+/m1/s1. The van der Waals surface area contributed by atoms with Gasteiger partial charge in [0.25, 0.3) is 0 Å². The zero-order valence-corrected chi connectivity index (χ0v) is 17.9. The van der Waals surface area contributed by atoms with E-state index in [1.807, 2.05) is 37.3 Å². The normalized spacial score (nSPS) is 31.6. The van der Waals surface area contributed by atoms with Gasteiger partial charge in [0.05, 0.1) is 16.9 Å². The summed E-state index contributed by atoms with van der Waals surface area (Å²) in [6.07, 6.45) is 3.86. The van der Waals surface area contributed by atoms with Crippen molar-refractivity contribution in [2.45, 2.75) is 55.9 Å². The second kappa shape index (κ2) is 8.43. The van der Waals surface area contributed by atoms with Crippen molar-refractivity contribution >= 4 is 5.97 Å². The number of aliphatic carboxylic acids is 1. The van der Waals surface area contributed by atoms with Crippen molar-refractivity contribution in [2.24, 2.45) is 5.92 Å². The van der Waals surface area contributed by atoms with Crippen molar-refractivity contribution < 1.29 is 14.3 Å². The number of carboxylic acids is 1. The molecule has 1 aliphatic carbocycles. The zero-order valence-electron chi connectivity index (χ0n) is 17.9. The first-order chi connectivity index (χ1) is 14.9. The summed E-state index contributed by atoms with van der Waals surface area (Å²) < 4.78 is 13.3. The summed E-state index contributed by atoms with van der Waals surface area (Å²) in [4.78, 5) is 14.8. The molecule has 1 heterocycles. The van der Waals surface area contributed by atoms with Gasteiger partial charge in [-0.3, -0.25) is 4.79 Å². The van der Waals surface area contributed by atoms with Gasteiger partial charge in [0, 0.05) is 12.6 Å². The van der Waals surface area contributed by atoms with Gasteiger partial charge in [-0.15, -0.1) is 0 Å². The minimum Gasteiger partial charge on any atom is -0.481 e. The van der Waals surface area contributed by atoms with E-state index in [0.717, 1.165) is 49.9 Å². The average molecular weight is 421 g/mol. The predicted octanol–water partition coefficient (Wildman–Crippen LogP) is 4.89. The van der Waals surface area contributed by atoms with E-state index in [9.17, 15) is 19.6 Å². The van der Waals surface area contributed by atoms with Gasteiger partial charge in [-0.25, -0.2) is 4.39 Å². The molecule has 0 bridgehead atoms. The quantitative estimate of drug-likeness (QED) is 0.765. The first-order valence-corrected chi connectivity index (χ1v) is 11.1. The Balaban J connectivity index is 1.47. The topological polar surface area (TPSA) is 64.3 Å². The van der Waals surface area contributed by atoms with Crippen molar-refractivity contribution in [1.82, 2.24) is 4.90 Å². The van der Waals surface area contributed by atoms with E-state index in [2.05, 4.69) is 11.0 Å². The molecule has 162 valence electrons. The molecule has 2 aliphatic rings. The highest BCUT2D eigenvalue weighted by Crippen LogP contribution is 2.44. The average Bonchev–Trinajstić information content (AvgIpc) is 2.80. The number of carboxylic acid groups (broad SMARTS) is 1. The van der Waals surface area contributed by atoms with E-state index in [-0.39, 0.29) is 11.7 Å². The lowest BCUT2D eigenvalue weighted by Crippen LogP contribution is -2.56. The Bertz CT molecular complexity index is 961. The minimum absolute atomic E-state index is 0.0131. The molecule has 0 spiro atoms. The van der Waals surface area contributed by atoms with E-state index in [4.69, 9.17) is 0 Å². The highest BCUT2D eigenvalue weighted by atomic mass is 19.1. The van der Waals surface area contributed by atoms with Crippen LogP contribution in [0.3, 0.4) is 0 Å². The van der Waals surface area contributed by atoms with E-state index in [1.54, 1.807) is 12.1 Å². The molecule has 0 aromatic heterocycles. The van der Waals surface area contributed by atoms with Gasteiger partial charge in [0.2, 0.25) is 0 Å². The number of hydrogen-bond acceptors (Lipinski definition) is 3. The molecular formula is C26H29FN2O2. The molecule has 0 unspecified atom stereocenters. The molecule has 1 saturated carbocycles. The van der Waals surface area contributed by atoms with Gasteiger partial charge in [-0.05, 0) is 67.8 Å². The van der Waals surface area contributed by atoms with Gasteiger partial charge in [-0.1, -0.05) is 49.4 Å². The van der Waals surface area contributed by atoms with Crippen LogP contribution in [-0.4, -0.2) is 35.1 Å². The van der Waals surface area contributed by atoms with Crippen molar-refractivity contribution in [3.05, 3.63) is 71.5 Å². The SMILES string of the molecule is C[C@@H]1CN(C2CCC(C#N)(c3ccc(F)cc3)CC2)CC[C@@]1(C(=O)O)c1ccccc1. The monoisotopic (exact) mass is 420 g/mol. The second-order valence-electron chi connectivity index (χ2n) is 9.22. The highest BCUT2D eigenvalue weighted by Gasteiger charge is 2.50. The molecular weight excluding hydrogens is 391 g/mol. The summed E-state index contributed by atoms with van der Waals surface area (Å²) in [5, 5.41) is 20.1. The molecule has 0 amide bonds. The van der Waals surface area contributed by atoms with Crippen LogP contribution in [0.25, 0.3) is 0 Å². The van der Waals surface area contributed by atoms with Gasteiger partial charge >= 0.3 is 5.97 Å². The fraction of sp³-hybridized carbons (Fsp3) is 0.462. The number of nitriles is 1. The number of rotatable bonds is 4. The number of carbonyl (C=O) groups is 1. The fourth-order valence-corrected chi connectivity index (χ4v) is 5.80. The maximum Gasteiger partial charge on any atom is 0.314 e. The van der Waals surface area contributed by atoms with E-state index in [1.165, 1.54) is 12.1 Å². The summed E-state index contributed by atoms with van der Waals surface area (Å²) in [6.45, 7) is 3.53. The Morgan fingerprint density at radius 3 is 2.26 bits per heavy atom. The highest BCUT2D eigenvalue weighted by molar-refractivity contribution is 5.82. The van der Waals surface area contributed by atoms with Crippen LogP contribution < -0.4 is 0 Å². The fourth-order valence-electron chi connectivity index (χ4n) is 5.80. The van der Waals surface area contributed by atoms with Crippen molar-refractivity contribution in [1.29, 1.82) is 5.26 Å². The first kappa shape index (κ1) is 21.5. The number of likely N-dealkylation sites (tertiary alicyclic amines) is 1. The van der Waals surface area contributed by atoms with Crippen LogP contribution >= 0.6 is 0 Å². The van der Waals surface area contributed by atoms with Crippen LogP contribution in [0.1, 0.15) is 50.2 Å². The molecule has 2 aromatic rings. The lowest BCUT2D eigenvalue weighted by molar-refractivity contribution is -0.149. The summed E-state index contributed by atoms with van der Waals surface area (Å²) in [5.41, 5.74) is 0.381. The van der Waals surface area contributed by atoms with Gasteiger partial charge in [0.1, 0.15) is 5.82 Å². The molecule has 1 saturated heterocycles. The lowest BCUT2D eigenvalue weighted by atomic mass is 9.65. The van der Waals surface area contributed by atoms with E-state index >= 15 is 0 Å². The number of hydrogen-bond donors (Lipinski definition) is 1. The molecule has 4 rings (SSSR count). The molecule has 1 N–H and O–H groups in total. The Kier molecular flexibility index (Phi) is 5.85. The Morgan fingerprint density at radius 2 is 1.71 bits per heavy atom. The van der Waals surface area contributed by atoms with Gasteiger partial charge < -0.3 is 10.0 Å². The van der Waals surface area contributed by atoms with Crippen LogP contribution in [0.2, 0.25) is 0 Å². The molecule has 2 fully saturated rings. The molecule has 5 heteroatoms. The smallest absolute Gasteiger partial charge is 0.314 e. The Hall–Kier alpha value is -2.71. The third-order valence-electron chi connectivity index (χ3n) is 7.75. The van der Waals surface area contributed by atoms with E-state index in [0.29, 0.717) is 12.5 Å². The number of nitrogens with zero attached hydrogens (tertiary/aromatic N) is 2. The van der Waals surface area contributed by atoms with Crippen LogP contribution in [0.15, 0.2) is 54.6 Å². The Morgan fingerprint density at radius 1 is 1.06 bits per heavy atom. The minimum atomic E-state index is -0.850. The van der Waals surface area contributed by atoms with E-state index < -0.39 is 16.8 Å². The molecule has 31 heavy (non-hydrogen) atoms. The summed E-state index contributed by atoms with van der Waals surface area (Å²) in [5.74, 6) is -1.04. The third-order valence-corrected chi connectivity index (χ3v) is 7.75. The van der Waals surface area contributed by atoms with Crippen LogP contribution in [0.4, 0.5) is 4.39 Å². The molecule has 2 aromatic carbocycles. The zero-order chi connectivity index (χ0) is 22.1. The maximum absolute atomic E-state index is 13.3. The number of piperidine rings is 1. The van der Waals surface area contributed by atoms with Crippen LogP contribution in [0, 0.1) is 23.1 Å². The summed E-state index contributed by atoms with van der Waals surface area (Å²) in [7, 11) is 0. The lowest BCUT2D eigenvalue weighted by Gasteiger charge is -2.48. The summed E-state index contributed by atoms with van der Waals surface area (Å²) >= 11 is 0. The number of halogens is 1. The second-order valence-corrected chi connectivity index (χ2v) is 9.22. The summed E-state index contributed by atoms with van der Waals surface area (Å²) in [6, 6.07) is 18.8. The van der Waals surface area contributed by atoms with Crippen molar-refractivity contribution in [3.63, 3.8) is 0 Å². The van der Waals surface area contributed by atoms with Gasteiger partial charge in [0.15, 0.2) is 0 Å². The largest absolute Gasteiger partial charge is 0.481 e. The molecule has 1 aliphatic heterocycles. The predicted molar refractivity (Wildman–Crippen MR) is 117 cm³/mol. The van der Waals surface area contributed by atoms with Crippen molar-refractivity contribution in [3.8, 4) is 6.07 Å². The molecule has 2 atom stereocenters. The Labute approximate surface area is 183 Å².